The summed E-state index contributed by atoms with van der Waals surface area (Å²) in [6, 6.07) is 17.4. The zero-order chi connectivity index (χ0) is 49.1. The number of hydrogen-bond donors (Lipinski definition) is 1. The molecule has 6 rings (SSSR count). The highest BCUT2D eigenvalue weighted by molar-refractivity contribution is 7.15. The number of anilines is 2. The van der Waals surface area contributed by atoms with Crippen molar-refractivity contribution < 1.29 is 48.1 Å². The first-order valence-corrected chi connectivity index (χ1v) is 23.4. The monoisotopic (exact) mass is 950 g/mol. The molecule has 2 aliphatic rings. The van der Waals surface area contributed by atoms with Crippen LogP contribution in [0.1, 0.15) is 102 Å². The third kappa shape index (κ3) is 14.8. The summed E-state index contributed by atoms with van der Waals surface area (Å²) in [6.45, 7) is 18.8. The van der Waals surface area contributed by atoms with E-state index in [4.69, 9.17) is 14.2 Å². The van der Waals surface area contributed by atoms with Gasteiger partial charge in [0.2, 0.25) is 11.8 Å². The van der Waals surface area contributed by atoms with E-state index in [2.05, 4.69) is 23.7 Å². The van der Waals surface area contributed by atoms with Gasteiger partial charge in [0, 0.05) is 48.1 Å². The number of aromatic carboxylic acids is 1. The molecule has 0 unspecified atom stereocenters. The van der Waals surface area contributed by atoms with E-state index in [0.29, 0.717) is 79.2 Å². The average Bonchev–Trinajstić information content (AvgIpc) is 3.94. The minimum absolute atomic E-state index is 0.0246. The Hall–Kier alpha value is -6.30. The first-order chi connectivity index (χ1) is 31.6. The molecule has 4 aromatic rings. The van der Waals surface area contributed by atoms with Crippen LogP contribution in [0.5, 0.6) is 0 Å². The summed E-state index contributed by atoms with van der Waals surface area (Å²) in [5, 5.41) is 9.84. The molecule has 4 amide bonds. The Bertz CT molecular complexity index is 2570. The molecule has 1 N–H and O–H groups in total. The van der Waals surface area contributed by atoms with E-state index in [9.17, 15) is 33.9 Å². The summed E-state index contributed by atoms with van der Waals surface area (Å²) in [5.41, 5.74) is 2.79. The van der Waals surface area contributed by atoms with E-state index in [1.54, 1.807) is 58.3 Å². The number of benzene rings is 2. The molecule has 2 aromatic carbocycles. The predicted molar refractivity (Wildman–Crippen MR) is 260 cm³/mol. The molecule has 0 spiro atoms. The van der Waals surface area contributed by atoms with Gasteiger partial charge in [-0.2, -0.15) is 0 Å². The van der Waals surface area contributed by atoms with Gasteiger partial charge in [0.1, 0.15) is 22.8 Å². The lowest BCUT2D eigenvalue weighted by Crippen LogP contribution is -2.47. The van der Waals surface area contributed by atoms with E-state index >= 15 is 0 Å². The Kier molecular flexibility index (Phi) is 17.7. The standard InChI is InChI=1S/C26H30N2O5S.C25H28N2O5S/c1-18-6-8-19(9-7-18)24(30)28(17-22(29)27-12-14-33-15-13-27)21-16-20(10-11-26(2,3)4)34-23(21)25(31)32-5;1-17-5-7-18(8-6-17)23(29)27(16-21(28)26-11-13-32-14-12-26)20-15-19(9-10-25(2,3)4)33-22(20)24(30)31/h6-9,16H,12-15,17H2,1-5H3;5-8,15H,11-14,16H2,1-4H3,(H,30,31). The zero-order valence-electron chi connectivity index (χ0n) is 39.6. The molecule has 4 heterocycles. The Morgan fingerprint density at radius 2 is 0.985 bits per heavy atom. The average molecular weight is 951 g/mol. The number of thiophene rings is 2. The van der Waals surface area contributed by atoms with E-state index in [-0.39, 0.29) is 57.1 Å². The SMILES string of the molecule is COC(=O)c1sc(C#CC(C)(C)C)cc1N(CC(=O)N1CCOCC1)C(=O)c1ccc(C)cc1.Cc1ccc(C(=O)N(CC(=O)N2CCOCC2)c2cc(C#CC(C)(C)C)sc2C(=O)O)cc1. The lowest BCUT2D eigenvalue weighted by molar-refractivity contribution is -0.134. The van der Waals surface area contributed by atoms with Gasteiger partial charge >= 0.3 is 11.9 Å². The van der Waals surface area contributed by atoms with Gasteiger partial charge in [0.05, 0.1) is 54.7 Å². The molecule has 2 aliphatic heterocycles. The van der Waals surface area contributed by atoms with Crippen LogP contribution >= 0.6 is 22.7 Å². The zero-order valence-corrected chi connectivity index (χ0v) is 41.2. The van der Waals surface area contributed by atoms with Gasteiger partial charge in [-0.25, -0.2) is 9.59 Å². The fourth-order valence-corrected chi connectivity index (χ4v) is 8.30. The van der Waals surface area contributed by atoms with E-state index in [0.717, 1.165) is 33.8 Å². The number of ether oxygens (including phenoxy) is 3. The molecule has 67 heavy (non-hydrogen) atoms. The maximum atomic E-state index is 13.6. The second-order valence-electron chi connectivity index (χ2n) is 17.9. The van der Waals surface area contributed by atoms with Gasteiger partial charge in [-0.3, -0.25) is 29.0 Å². The maximum absolute atomic E-state index is 13.6. The van der Waals surface area contributed by atoms with Crippen molar-refractivity contribution in [3.63, 3.8) is 0 Å². The van der Waals surface area contributed by atoms with E-state index < -0.39 is 17.8 Å². The van der Waals surface area contributed by atoms with Gasteiger partial charge in [-0.05, 0) is 91.8 Å². The number of carbonyl (C=O) groups is 6. The highest BCUT2D eigenvalue weighted by Gasteiger charge is 2.32. The maximum Gasteiger partial charge on any atom is 0.350 e. The number of hydrogen-bond acceptors (Lipinski definition) is 11. The third-order valence-electron chi connectivity index (χ3n) is 10.1. The van der Waals surface area contributed by atoms with Gasteiger partial charge in [-0.15, -0.1) is 22.7 Å². The lowest BCUT2D eigenvalue weighted by atomic mass is 9.98. The molecular formula is C51H58N4O10S2. The lowest BCUT2D eigenvalue weighted by Gasteiger charge is -2.30. The Morgan fingerprint density at radius 3 is 1.33 bits per heavy atom. The number of aryl methyl sites for hydroxylation is 2. The molecular weight excluding hydrogens is 893 g/mol. The molecule has 0 atom stereocenters. The normalized spacial score (nSPS) is 13.7. The van der Waals surface area contributed by atoms with Crippen LogP contribution in [-0.4, -0.2) is 123 Å². The molecule has 2 aromatic heterocycles. The first-order valence-electron chi connectivity index (χ1n) is 21.8. The topological polar surface area (TPSA) is 163 Å². The van der Waals surface area contributed by atoms with Crippen molar-refractivity contribution in [1.29, 1.82) is 0 Å². The molecule has 14 nitrogen and oxygen atoms in total. The summed E-state index contributed by atoms with van der Waals surface area (Å²) in [4.78, 5) is 85.2. The molecule has 0 saturated carbocycles. The van der Waals surface area contributed by atoms with Crippen LogP contribution in [0.15, 0.2) is 60.7 Å². The van der Waals surface area contributed by atoms with Crippen LogP contribution in [0, 0.1) is 48.4 Å². The molecule has 0 radical (unpaired) electrons. The summed E-state index contributed by atoms with van der Waals surface area (Å²) in [7, 11) is 1.29. The van der Waals surface area contributed by atoms with Gasteiger partial charge < -0.3 is 29.1 Å². The van der Waals surface area contributed by atoms with Gasteiger partial charge in [0.25, 0.3) is 11.8 Å². The van der Waals surface area contributed by atoms with E-state index in [1.807, 2.05) is 67.5 Å². The highest BCUT2D eigenvalue weighted by atomic mass is 32.1. The summed E-state index contributed by atoms with van der Waals surface area (Å²) < 4.78 is 15.6. The summed E-state index contributed by atoms with van der Waals surface area (Å²) >= 11 is 2.15. The number of carboxylic acid groups (broad SMARTS) is 1. The van der Waals surface area contributed by atoms with Crippen molar-refractivity contribution in [3.8, 4) is 23.7 Å². The van der Waals surface area contributed by atoms with Crippen LogP contribution in [0.4, 0.5) is 11.4 Å². The van der Waals surface area contributed by atoms with E-state index in [1.165, 1.54) is 16.9 Å². The minimum atomic E-state index is -1.17. The fourth-order valence-electron chi connectivity index (χ4n) is 6.51. The number of carbonyl (C=O) groups excluding carboxylic acids is 5. The van der Waals surface area contributed by atoms with Crippen molar-refractivity contribution in [2.45, 2.75) is 55.4 Å². The first kappa shape index (κ1) is 51.7. The van der Waals surface area contributed by atoms with Crippen molar-refractivity contribution in [2.24, 2.45) is 10.8 Å². The van der Waals surface area contributed by atoms with Crippen LogP contribution in [0.25, 0.3) is 0 Å². The molecule has 0 bridgehead atoms. The number of methoxy groups -OCH3 is 1. The number of rotatable bonds is 10. The summed E-state index contributed by atoms with van der Waals surface area (Å²) in [6.07, 6.45) is 0. The molecule has 0 aliphatic carbocycles. The molecule has 2 fully saturated rings. The second-order valence-corrected chi connectivity index (χ2v) is 20.1. The van der Waals surface area contributed by atoms with Crippen molar-refractivity contribution in [3.05, 3.63) is 102 Å². The van der Waals surface area contributed by atoms with Crippen LogP contribution in [0.3, 0.4) is 0 Å². The summed E-state index contributed by atoms with van der Waals surface area (Å²) in [5.74, 6) is 9.31. The number of morpholine rings is 2. The quantitative estimate of drug-likeness (QED) is 0.125. The second kappa shape index (κ2) is 22.9. The molecule has 2 saturated heterocycles. The highest BCUT2D eigenvalue weighted by Crippen LogP contribution is 2.34. The third-order valence-corrected chi connectivity index (χ3v) is 12.1. The Balaban J connectivity index is 0.000000251. The fraction of sp³-hybridized carbons (Fsp3) is 0.412. The predicted octanol–water partition coefficient (Wildman–Crippen LogP) is 7.40. The van der Waals surface area contributed by atoms with Crippen LogP contribution in [0.2, 0.25) is 0 Å². The minimum Gasteiger partial charge on any atom is -0.477 e. The van der Waals surface area contributed by atoms with Crippen molar-refractivity contribution >= 4 is 69.6 Å². The van der Waals surface area contributed by atoms with Crippen LogP contribution in [-0.2, 0) is 23.8 Å². The van der Waals surface area contributed by atoms with Crippen molar-refractivity contribution in [2.75, 3.05) is 82.6 Å². The van der Waals surface area contributed by atoms with Gasteiger partial charge in [-0.1, -0.05) is 59.1 Å². The largest absolute Gasteiger partial charge is 0.477 e. The number of esters is 1. The van der Waals surface area contributed by atoms with Gasteiger partial charge in [0.15, 0.2) is 0 Å². The number of carboxylic acids is 1. The Labute approximate surface area is 400 Å². The molecule has 354 valence electrons. The van der Waals surface area contributed by atoms with Crippen molar-refractivity contribution in [1.82, 2.24) is 9.80 Å². The smallest absolute Gasteiger partial charge is 0.350 e. The number of nitrogens with zero attached hydrogens (tertiary/aromatic N) is 4. The Morgan fingerprint density at radius 1 is 0.627 bits per heavy atom. The van der Waals surface area contributed by atoms with Crippen LogP contribution < -0.4 is 9.80 Å². The molecule has 16 heteroatoms. The number of amides is 4.